The van der Waals surface area contributed by atoms with E-state index in [2.05, 4.69) is 91.0 Å². The fourth-order valence-corrected chi connectivity index (χ4v) is 11.3. The Hall–Kier alpha value is -5.44. The molecule has 322 valence electrons. The number of hydrogen-bond donors (Lipinski definition) is 0. The summed E-state index contributed by atoms with van der Waals surface area (Å²) in [4.78, 5) is 16.7. The zero-order valence-electron chi connectivity index (χ0n) is 36.5. The van der Waals surface area contributed by atoms with Crippen molar-refractivity contribution in [2.45, 2.75) is 14.7 Å². The maximum Gasteiger partial charge on any atom is 0.123 e. The SMILES string of the molecule is [S-]c1ccc(-c2ccccc2)cc1-c1nc2ccccc2s1.[S-]c1ccc(-c2ccccc2)cc1-c1nc2ccccc2s1.[S-]c1ccc(-c2ccccc2)cc1-c1nc2ccccc2s1.[Zn].[Zn]. The number of thiazole rings is 3. The summed E-state index contributed by atoms with van der Waals surface area (Å²) in [5, 5.41) is 2.97. The number of nitrogens with zero attached hydrogens (tertiary/aromatic N) is 3. The van der Waals surface area contributed by atoms with Gasteiger partial charge in [-0.2, -0.15) is 14.7 Å². The molecule has 3 nitrogen and oxygen atoms in total. The third-order valence-electron chi connectivity index (χ3n) is 10.8. The molecular formula is C57H36N3S6Zn2-3. The zero-order chi connectivity index (χ0) is 44.8. The summed E-state index contributed by atoms with van der Waals surface area (Å²) in [6.07, 6.45) is 0. The molecule has 0 unspecified atom stereocenters. The predicted molar refractivity (Wildman–Crippen MR) is 288 cm³/mol. The number of rotatable bonds is 6. The van der Waals surface area contributed by atoms with Crippen molar-refractivity contribution in [2.75, 3.05) is 0 Å². The van der Waals surface area contributed by atoms with Crippen molar-refractivity contribution >= 4 is 103 Å². The molecule has 11 heteroatoms. The van der Waals surface area contributed by atoms with Crippen LogP contribution in [-0.4, -0.2) is 15.0 Å². The van der Waals surface area contributed by atoms with Crippen molar-refractivity contribution in [2.24, 2.45) is 0 Å². The molecule has 12 rings (SSSR count). The van der Waals surface area contributed by atoms with Crippen LogP contribution in [0.2, 0.25) is 0 Å². The maximum absolute atomic E-state index is 5.51. The smallest absolute Gasteiger partial charge is 0.123 e. The fourth-order valence-electron chi connectivity index (χ4n) is 7.48. The Bertz CT molecular complexity index is 3120. The quantitative estimate of drug-likeness (QED) is 0.122. The number of hydrogen-bond acceptors (Lipinski definition) is 9. The topological polar surface area (TPSA) is 38.7 Å². The average molecular weight is 1090 g/mol. The molecule has 0 bridgehead atoms. The van der Waals surface area contributed by atoms with E-state index in [9.17, 15) is 0 Å². The van der Waals surface area contributed by atoms with Crippen LogP contribution in [0, 0.1) is 0 Å². The van der Waals surface area contributed by atoms with Gasteiger partial charge in [0.2, 0.25) is 0 Å². The summed E-state index contributed by atoms with van der Waals surface area (Å²) in [7, 11) is 0. The van der Waals surface area contributed by atoms with Crippen LogP contribution in [0.3, 0.4) is 0 Å². The normalized spacial score (nSPS) is 10.6. The molecule has 0 atom stereocenters. The van der Waals surface area contributed by atoms with Crippen LogP contribution in [0.25, 0.3) is 95.7 Å². The van der Waals surface area contributed by atoms with Gasteiger partial charge < -0.3 is 37.9 Å². The molecule has 12 aromatic rings. The summed E-state index contributed by atoms with van der Waals surface area (Å²) in [6, 6.07) is 74.3. The molecule has 3 aromatic heterocycles. The van der Waals surface area contributed by atoms with Crippen molar-refractivity contribution in [1.82, 2.24) is 15.0 Å². The first-order valence-electron chi connectivity index (χ1n) is 21.1. The van der Waals surface area contributed by atoms with Gasteiger partial charge in [-0.25, -0.2) is 15.0 Å². The molecule has 0 aliphatic heterocycles. The molecule has 0 radical (unpaired) electrons. The molecule has 0 fully saturated rings. The fraction of sp³-hybridized carbons (Fsp3) is 0. The van der Waals surface area contributed by atoms with E-state index in [-0.39, 0.29) is 39.0 Å². The van der Waals surface area contributed by atoms with Gasteiger partial charge in [0.15, 0.2) is 0 Å². The molecule has 0 saturated carbocycles. The molecule has 0 N–H and O–H groups in total. The average Bonchev–Trinajstić information content (AvgIpc) is 4.13. The predicted octanol–water partition coefficient (Wildman–Crippen LogP) is 16.6. The van der Waals surface area contributed by atoms with Gasteiger partial charge in [-0.15, -0.1) is 34.0 Å². The summed E-state index contributed by atoms with van der Waals surface area (Å²) in [6.45, 7) is 0. The van der Waals surface area contributed by atoms with Gasteiger partial charge in [0.1, 0.15) is 15.0 Å². The zero-order valence-corrected chi connectivity index (χ0v) is 47.3. The van der Waals surface area contributed by atoms with E-state index in [1.807, 2.05) is 127 Å². The Morgan fingerprint density at radius 3 is 0.779 bits per heavy atom. The number of benzene rings is 9. The van der Waals surface area contributed by atoms with Crippen LogP contribution < -0.4 is 0 Å². The van der Waals surface area contributed by atoms with Crippen molar-refractivity contribution in [1.29, 1.82) is 0 Å². The Morgan fingerprint density at radius 1 is 0.265 bits per heavy atom. The first kappa shape index (κ1) is 49.0. The van der Waals surface area contributed by atoms with E-state index in [1.165, 1.54) is 47.5 Å². The van der Waals surface area contributed by atoms with Crippen LogP contribution in [0.15, 0.2) is 233 Å². The van der Waals surface area contributed by atoms with E-state index in [0.717, 1.165) is 62.9 Å². The minimum absolute atomic E-state index is 0. The van der Waals surface area contributed by atoms with Gasteiger partial charge in [-0.05, 0) is 105 Å². The second-order valence-corrected chi connectivity index (χ2v) is 19.6. The van der Waals surface area contributed by atoms with E-state index in [4.69, 9.17) is 52.8 Å². The number of fused-ring (bicyclic) bond motifs is 3. The monoisotopic (exact) mass is 1080 g/mol. The van der Waals surface area contributed by atoms with E-state index < -0.39 is 0 Å². The summed E-state index contributed by atoms with van der Waals surface area (Å²) in [5.41, 5.74) is 13.3. The Kier molecular flexibility index (Phi) is 16.4. The molecule has 0 aliphatic carbocycles. The standard InChI is InChI=1S/3C19H13NS2.2Zn/c3*21-17-11-10-14(13-6-2-1-3-7-13)12-15(17)19-20-16-8-4-5-9-18(16)22-19;;/h3*1-12,21H;;/p-3. The molecule has 3 heterocycles. The Morgan fingerprint density at radius 2 is 0.515 bits per heavy atom. The molecule has 0 spiro atoms. The Labute approximate surface area is 450 Å². The summed E-state index contributed by atoms with van der Waals surface area (Å²) >= 11 is 21.6. The third kappa shape index (κ3) is 11.2. The second kappa shape index (κ2) is 22.8. The van der Waals surface area contributed by atoms with Crippen molar-refractivity contribution in [3.05, 3.63) is 218 Å². The molecule has 9 aromatic carbocycles. The molecular weight excluding hydrogens is 1050 g/mol. The van der Waals surface area contributed by atoms with Crippen LogP contribution in [0.5, 0.6) is 0 Å². The van der Waals surface area contributed by atoms with Crippen LogP contribution >= 0.6 is 34.0 Å². The van der Waals surface area contributed by atoms with Crippen LogP contribution in [0.4, 0.5) is 0 Å². The van der Waals surface area contributed by atoms with Crippen molar-refractivity contribution < 1.29 is 39.0 Å². The first-order valence-corrected chi connectivity index (χ1v) is 24.8. The van der Waals surface area contributed by atoms with E-state index in [0.29, 0.717) is 0 Å². The van der Waals surface area contributed by atoms with Gasteiger partial charge in [-0.1, -0.05) is 164 Å². The Balaban J connectivity index is 0.000000136. The molecule has 0 saturated heterocycles. The van der Waals surface area contributed by atoms with Crippen molar-refractivity contribution in [3.8, 4) is 65.1 Å². The molecule has 0 amide bonds. The number of aromatic nitrogens is 3. The summed E-state index contributed by atoms with van der Waals surface area (Å²) in [5.74, 6) is 0. The van der Waals surface area contributed by atoms with Crippen LogP contribution in [-0.2, 0) is 76.8 Å². The van der Waals surface area contributed by atoms with Gasteiger partial charge >= 0.3 is 0 Å². The van der Waals surface area contributed by atoms with Gasteiger partial charge in [0, 0.05) is 39.0 Å². The van der Waals surface area contributed by atoms with Crippen molar-refractivity contribution in [3.63, 3.8) is 0 Å². The van der Waals surface area contributed by atoms with E-state index >= 15 is 0 Å². The molecule has 68 heavy (non-hydrogen) atoms. The largest absolute Gasteiger partial charge is 0.779 e. The second-order valence-electron chi connectivity index (χ2n) is 15.2. The number of para-hydroxylation sites is 3. The van der Waals surface area contributed by atoms with Gasteiger partial charge in [0.25, 0.3) is 0 Å². The minimum Gasteiger partial charge on any atom is -0.779 e. The summed E-state index contributed by atoms with van der Waals surface area (Å²) < 4.78 is 3.58. The van der Waals surface area contributed by atoms with Crippen LogP contribution in [0.1, 0.15) is 0 Å². The first-order chi connectivity index (χ1) is 32.4. The maximum atomic E-state index is 5.51. The van der Waals surface area contributed by atoms with E-state index in [1.54, 1.807) is 34.0 Å². The third-order valence-corrected chi connectivity index (χ3v) is 15.1. The minimum atomic E-state index is 0. The molecule has 0 aliphatic rings. The van der Waals surface area contributed by atoms with Gasteiger partial charge in [0.05, 0.1) is 30.6 Å². The van der Waals surface area contributed by atoms with Gasteiger partial charge in [-0.3, -0.25) is 0 Å².